The largest absolute Gasteiger partial charge is 0.395 e. The number of aliphatic hydroxyl groups is 1. The van der Waals surface area contributed by atoms with Crippen LogP contribution in [0.15, 0.2) is 54.9 Å². The number of para-hydroxylation sites is 1. The van der Waals surface area contributed by atoms with Gasteiger partial charge >= 0.3 is 0 Å². The van der Waals surface area contributed by atoms with Crippen molar-refractivity contribution < 1.29 is 9.90 Å². The van der Waals surface area contributed by atoms with Crippen LogP contribution in [-0.4, -0.2) is 35.7 Å². The van der Waals surface area contributed by atoms with Gasteiger partial charge in [-0.25, -0.2) is 0 Å². The van der Waals surface area contributed by atoms with Crippen molar-refractivity contribution in [3.05, 3.63) is 60.4 Å². The minimum absolute atomic E-state index is 0.0559. The van der Waals surface area contributed by atoms with Crippen molar-refractivity contribution in [2.45, 2.75) is 6.54 Å². The predicted molar refractivity (Wildman–Crippen MR) is 81.8 cm³/mol. The highest BCUT2D eigenvalue weighted by molar-refractivity contribution is 5.81. The van der Waals surface area contributed by atoms with E-state index in [1.54, 1.807) is 12.4 Å². The molecule has 5 nitrogen and oxygen atoms in total. The van der Waals surface area contributed by atoms with Gasteiger partial charge in [0.05, 0.1) is 13.2 Å². The van der Waals surface area contributed by atoms with Crippen LogP contribution in [0.1, 0.15) is 5.56 Å². The number of aliphatic hydroxyl groups excluding tert-OH is 1. The molecule has 0 saturated carbocycles. The molecule has 1 aromatic carbocycles. The smallest absolute Gasteiger partial charge is 0.239 e. The average Bonchev–Trinajstić information content (AvgIpc) is 2.54. The maximum atomic E-state index is 11.9. The van der Waals surface area contributed by atoms with Crippen LogP contribution in [-0.2, 0) is 11.3 Å². The number of amides is 1. The molecule has 5 heteroatoms. The van der Waals surface area contributed by atoms with Crippen LogP contribution in [0.25, 0.3) is 0 Å². The van der Waals surface area contributed by atoms with Crippen LogP contribution in [0.3, 0.4) is 0 Å². The number of pyridine rings is 1. The molecule has 0 fully saturated rings. The lowest BCUT2D eigenvalue weighted by molar-refractivity contribution is -0.119. The van der Waals surface area contributed by atoms with Crippen molar-refractivity contribution >= 4 is 11.6 Å². The van der Waals surface area contributed by atoms with Crippen molar-refractivity contribution in [2.24, 2.45) is 0 Å². The second-order valence-electron chi connectivity index (χ2n) is 4.63. The second kappa shape index (κ2) is 8.01. The summed E-state index contributed by atoms with van der Waals surface area (Å²) in [5, 5.41) is 11.4. The fourth-order valence-electron chi connectivity index (χ4n) is 2.01. The molecule has 0 aliphatic carbocycles. The van der Waals surface area contributed by atoms with Crippen LogP contribution in [0, 0.1) is 0 Å². The van der Waals surface area contributed by atoms with E-state index in [9.17, 15) is 4.79 Å². The van der Waals surface area contributed by atoms with Crippen LogP contribution in [0.2, 0.25) is 0 Å². The highest BCUT2D eigenvalue weighted by Crippen LogP contribution is 2.16. The molecule has 0 bridgehead atoms. The molecule has 1 heterocycles. The molecule has 2 rings (SSSR count). The van der Waals surface area contributed by atoms with Crippen molar-refractivity contribution in [1.82, 2.24) is 10.3 Å². The van der Waals surface area contributed by atoms with Crippen LogP contribution < -0.4 is 10.2 Å². The maximum absolute atomic E-state index is 11.9. The number of nitrogens with zero attached hydrogens (tertiary/aromatic N) is 2. The Bertz CT molecular complexity index is 546. The summed E-state index contributed by atoms with van der Waals surface area (Å²) in [5.41, 5.74) is 2.01. The van der Waals surface area contributed by atoms with Gasteiger partial charge in [0.25, 0.3) is 0 Å². The van der Waals surface area contributed by atoms with Crippen molar-refractivity contribution in [2.75, 3.05) is 24.6 Å². The van der Waals surface area contributed by atoms with E-state index < -0.39 is 0 Å². The first-order valence-electron chi connectivity index (χ1n) is 6.86. The molecule has 1 aromatic heterocycles. The van der Waals surface area contributed by atoms with Gasteiger partial charge in [-0.05, 0) is 23.8 Å². The highest BCUT2D eigenvalue weighted by Gasteiger charge is 2.11. The number of hydrogen-bond donors (Lipinski definition) is 2. The van der Waals surface area contributed by atoms with Gasteiger partial charge in [-0.3, -0.25) is 9.78 Å². The SMILES string of the molecule is O=C(CN(Cc1cccnc1)c1ccccc1)NCCO. The molecule has 0 atom stereocenters. The van der Waals surface area contributed by atoms with Gasteiger partial charge in [0, 0.05) is 31.2 Å². The topological polar surface area (TPSA) is 65.5 Å². The van der Waals surface area contributed by atoms with Gasteiger partial charge in [0.2, 0.25) is 5.91 Å². The third kappa shape index (κ3) is 4.89. The first-order valence-corrected chi connectivity index (χ1v) is 6.86. The number of rotatable bonds is 7. The fraction of sp³-hybridized carbons (Fsp3) is 0.250. The van der Waals surface area contributed by atoms with E-state index >= 15 is 0 Å². The monoisotopic (exact) mass is 285 g/mol. The van der Waals surface area contributed by atoms with Gasteiger partial charge < -0.3 is 15.3 Å². The number of benzene rings is 1. The Labute approximate surface area is 124 Å². The molecular formula is C16H19N3O2. The number of aromatic nitrogens is 1. The minimum atomic E-state index is -0.114. The Kier molecular flexibility index (Phi) is 5.72. The van der Waals surface area contributed by atoms with E-state index in [0.29, 0.717) is 6.54 Å². The molecule has 0 unspecified atom stereocenters. The lowest BCUT2D eigenvalue weighted by Gasteiger charge is -2.24. The summed E-state index contributed by atoms with van der Waals surface area (Å²) in [6.45, 7) is 1.05. The summed E-state index contributed by atoms with van der Waals surface area (Å²) in [6, 6.07) is 13.6. The van der Waals surface area contributed by atoms with E-state index in [4.69, 9.17) is 5.11 Å². The second-order valence-corrected chi connectivity index (χ2v) is 4.63. The third-order valence-corrected chi connectivity index (χ3v) is 2.99. The summed E-state index contributed by atoms with van der Waals surface area (Å²) in [7, 11) is 0. The molecule has 0 aliphatic heterocycles. The normalized spacial score (nSPS) is 10.1. The minimum Gasteiger partial charge on any atom is -0.395 e. The number of hydrogen-bond acceptors (Lipinski definition) is 4. The molecule has 0 saturated heterocycles. The highest BCUT2D eigenvalue weighted by atomic mass is 16.3. The number of nitrogens with one attached hydrogen (secondary N) is 1. The fourth-order valence-corrected chi connectivity index (χ4v) is 2.01. The molecule has 0 aliphatic rings. The van der Waals surface area contributed by atoms with E-state index in [0.717, 1.165) is 11.3 Å². The first-order chi connectivity index (χ1) is 10.3. The van der Waals surface area contributed by atoms with Gasteiger partial charge in [0.15, 0.2) is 0 Å². The van der Waals surface area contributed by atoms with Crippen molar-refractivity contribution in [3.8, 4) is 0 Å². The summed E-state index contributed by atoms with van der Waals surface area (Å²) in [6.07, 6.45) is 3.52. The summed E-state index contributed by atoms with van der Waals surface area (Å²) in [5.74, 6) is -0.114. The van der Waals surface area contributed by atoms with E-state index in [1.165, 1.54) is 0 Å². The Balaban J connectivity index is 2.09. The Morgan fingerprint density at radius 3 is 2.67 bits per heavy atom. The van der Waals surface area contributed by atoms with E-state index in [2.05, 4.69) is 10.3 Å². The number of carbonyl (C=O) groups excluding carboxylic acids is 1. The van der Waals surface area contributed by atoms with E-state index in [-0.39, 0.29) is 25.6 Å². The van der Waals surface area contributed by atoms with Crippen LogP contribution in [0.5, 0.6) is 0 Å². The van der Waals surface area contributed by atoms with Crippen molar-refractivity contribution in [3.63, 3.8) is 0 Å². The van der Waals surface area contributed by atoms with Crippen LogP contribution >= 0.6 is 0 Å². The van der Waals surface area contributed by atoms with Gasteiger partial charge in [-0.2, -0.15) is 0 Å². The third-order valence-electron chi connectivity index (χ3n) is 2.99. The first kappa shape index (κ1) is 15.0. The quantitative estimate of drug-likeness (QED) is 0.802. The average molecular weight is 285 g/mol. The zero-order chi connectivity index (χ0) is 14.9. The molecular weight excluding hydrogens is 266 g/mol. The molecule has 0 radical (unpaired) electrons. The zero-order valence-electron chi connectivity index (χ0n) is 11.8. The lowest BCUT2D eigenvalue weighted by atomic mass is 10.2. The summed E-state index contributed by atoms with van der Waals surface area (Å²) in [4.78, 5) is 18.0. The molecule has 2 N–H and O–H groups in total. The van der Waals surface area contributed by atoms with Gasteiger partial charge in [-0.15, -0.1) is 0 Å². The Morgan fingerprint density at radius 1 is 1.19 bits per heavy atom. The number of carbonyl (C=O) groups is 1. The maximum Gasteiger partial charge on any atom is 0.239 e. The molecule has 110 valence electrons. The Hall–Kier alpha value is -2.40. The van der Waals surface area contributed by atoms with Crippen molar-refractivity contribution in [1.29, 1.82) is 0 Å². The number of anilines is 1. The summed E-state index contributed by atoms with van der Waals surface area (Å²) < 4.78 is 0. The zero-order valence-corrected chi connectivity index (χ0v) is 11.8. The summed E-state index contributed by atoms with van der Waals surface area (Å²) >= 11 is 0. The van der Waals surface area contributed by atoms with Gasteiger partial charge in [0.1, 0.15) is 0 Å². The lowest BCUT2D eigenvalue weighted by Crippen LogP contribution is -2.38. The van der Waals surface area contributed by atoms with Crippen LogP contribution in [0.4, 0.5) is 5.69 Å². The molecule has 0 spiro atoms. The Morgan fingerprint density at radius 2 is 2.00 bits per heavy atom. The molecule has 1 amide bonds. The standard InChI is InChI=1S/C16H19N3O2/c20-10-9-18-16(21)13-19(15-6-2-1-3-7-15)12-14-5-4-8-17-11-14/h1-8,11,20H,9-10,12-13H2,(H,18,21). The van der Waals surface area contributed by atoms with Gasteiger partial charge in [-0.1, -0.05) is 24.3 Å². The molecule has 2 aromatic rings. The van der Waals surface area contributed by atoms with E-state index in [1.807, 2.05) is 47.4 Å². The predicted octanol–water partition coefficient (Wildman–Crippen LogP) is 1.20. The molecule has 21 heavy (non-hydrogen) atoms.